The Morgan fingerprint density at radius 1 is 1.38 bits per heavy atom. The molecule has 3 heteroatoms. The van der Waals surface area contributed by atoms with Crippen LogP contribution in [0.1, 0.15) is 45.4 Å². The van der Waals surface area contributed by atoms with E-state index < -0.39 is 5.97 Å². The van der Waals surface area contributed by atoms with Crippen LogP contribution in [0.4, 0.5) is 0 Å². The Balaban J connectivity index is 1.98. The van der Waals surface area contributed by atoms with Crippen LogP contribution in [0, 0.1) is 17.3 Å². The number of hydrogen-bond acceptors (Lipinski definition) is 2. The van der Waals surface area contributed by atoms with Gasteiger partial charge in [-0.3, -0.25) is 4.79 Å². The summed E-state index contributed by atoms with van der Waals surface area (Å²) >= 11 is 0. The van der Waals surface area contributed by atoms with Crippen LogP contribution in [0.3, 0.4) is 0 Å². The summed E-state index contributed by atoms with van der Waals surface area (Å²) < 4.78 is 5.38. The highest BCUT2D eigenvalue weighted by Gasteiger charge is 2.46. The van der Waals surface area contributed by atoms with Crippen LogP contribution in [-0.4, -0.2) is 24.3 Å². The third-order valence-corrected chi connectivity index (χ3v) is 4.38. The largest absolute Gasteiger partial charge is 0.481 e. The van der Waals surface area contributed by atoms with Gasteiger partial charge in [-0.2, -0.15) is 0 Å². The van der Waals surface area contributed by atoms with E-state index in [9.17, 15) is 4.79 Å². The highest BCUT2D eigenvalue weighted by molar-refractivity contribution is 5.69. The summed E-state index contributed by atoms with van der Waals surface area (Å²) in [6.07, 6.45) is 7.32. The highest BCUT2D eigenvalue weighted by Crippen LogP contribution is 2.47. The number of carboxylic acid groups (broad SMARTS) is 1. The van der Waals surface area contributed by atoms with Crippen molar-refractivity contribution in [2.75, 3.05) is 13.2 Å². The Bertz CT molecular complexity index is 252. The number of rotatable bonds is 4. The van der Waals surface area contributed by atoms with Crippen LogP contribution in [0.25, 0.3) is 0 Å². The van der Waals surface area contributed by atoms with Gasteiger partial charge < -0.3 is 9.84 Å². The van der Waals surface area contributed by atoms with Crippen LogP contribution >= 0.6 is 0 Å². The molecule has 2 aliphatic rings. The number of carbonyl (C=O) groups is 1. The van der Waals surface area contributed by atoms with E-state index in [1.807, 2.05) is 6.92 Å². The van der Waals surface area contributed by atoms with Gasteiger partial charge in [0.2, 0.25) is 0 Å². The van der Waals surface area contributed by atoms with E-state index in [-0.39, 0.29) is 11.3 Å². The van der Waals surface area contributed by atoms with Crippen molar-refractivity contribution in [3.05, 3.63) is 0 Å². The number of aliphatic carboxylic acids is 1. The molecule has 0 bridgehead atoms. The fourth-order valence-corrected chi connectivity index (χ4v) is 3.30. The maximum Gasteiger partial charge on any atom is 0.306 e. The van der Waals surface area contributed by atoms with E-state index >= 15 is 0 Å². The van der Waals surface area contributed by atoms with Crippen LogP contribution < -0.4 is 0 Å². The van der Waals surface area contributed by atoms with E-state index in [0.29, 0.717) is 5.92 Å². The molecule has 1 heterocycles. The molecule has 1 unspecified atom stereocenters. The van der Waals surface area contributed by atoms with Gasteiger partial charge in [0.15, 0.2) is 0 Å². The fraction of sp³-hybridized carbons (Fsp3) is 0.923. The van der Waals surface area contributed by atoms with Crippen molar-refractivity contribution in [1.29, 1.82) is 0 Å². The van der Waals surface area contributed by atoms with Crippen molar-refractivity contribution >= 4 is 5.97 Å². The minimum Gasteiger partial charge on any atom is -0.481 e. The van der Waals surface area contributed by atoms with E-state index in [4.69, 9.17) is 9.84 Å². The van der Waals surface area contributed by atoms with Crippen LogP contribution in [0.2, 0.25) is 0 Å². The molecule has 1 saturated carbocycles. The molecule has 0 radical (unpaired) electrons. The molecule has 3 nitrogen and oxygen atoms in total. The van der Waals surface area contributed by atoms with Crippen molar-refractivity contribution in [3.63, 3.8) is 0 Å². The SMILES string of the molecule is CC(CC1(C2CCCCC2)COC1)C(=O)O. The zero-order chi connectivity index (χ0) is 11.6. The lowest BCUT2D eigenvalue weighted by Gasteiger charge is -2.49. The summed E-state index contributed by atoms with van der Waals surface area (Å²) in [4.78, 5) is 11.0. The molecular weight excluding hydrogens is 204 g/mol. The molecule has 0 aromatic carbocycles. The van der Waals surface area contributed by atoms with Crippen LogP contribution in [-0.2, 0) is 9.53 Å². The Labute approximate surface area is 97.2 Å². The first kappa shape index (κ1) is 11.9. The Hall–Kier alpha value is -0.570. The van der Waals surface area contributed by atoms with Crippen molar-refractivity contribution in [2.45, 2.75) is 45.4 Å². The van der Waals surface area contributed by atoms with Gasteiger partial charge in [-0.1, -0.05) is 26.2 Å². The predicted molar refractivity (Wildman–Crippen MR) is 61.2 cm³/mol. The molecule has 1 atom stereocenters. The Kier molecular flexibility index (Phi) is 3.53. The molecule has 1 aliphatic carbocycles. The Morgan fingerprint density at radius 3 is 2.44 bits per heavy atom. The van der Waals surface area contributed by atoms with E-state index in [1.54, 1.807) is 0 Å². The lowest BCUT2D eigenvalue weighted by Crippen LogP contribution is -2.50. The van der Waals surface area contributed by atoms with Gasteiger partial charge in [-0.15, -0.1) is 0 Å². The second-order valence-electron chi connectivity index (χ2n) is 5.63. The van der Waals surface area contributed by atoms with Gasteiger partial charge >= 0.3 is 5.97 Å². The van der Waals surface area contributed by atoms with Gasteiger partial charge in [-0.05, 0) is 25.2 Å². The zero-order valence-corrected chi connectivity index (χ0v) is 10.1. The summed E-state index contributed by atoms with van der Waals surface area (Å²) in [7, 11) is 0. The van der Waals surface area contributed by atoms with Crippen LogP contribution in [0.5, 0.6) is 0 Å². The molecule has 2 rings (SSSR count). The Morgan fingerprint density at radius 2 is 2.00 bits per heavy atom. The molecule has 16 heavy (non-hydrogen) atoms. The second kappa shape index (κ2) is 4.74. The van der Waals surface area contributed by atoms with E-state index in [0.717, 1.165) is 19.6 Å². The average molecular weight is 226 g/mol. The van der Waals surface area contributed by atoms with Crippen molar-refractivity contribution < 1.29 is 14.6 Å². The molecule has 2 fully saturated rings. The lowest BCUT2D eigenvalue weighted by molar-refractivity contribution is -0.170. The average Bonchev–Trinajstić information content (AvgIpc) is 2.24. The molecule has 0 aromatic heterocycles. The fourth-order valence-electron chi connectivity index (χ4n) is 3.30. The van der Waals surface area contributed by atoms with Crippen molar-refractivity contribution in [3.8, 4) is 0 Å². The quantitative estimate of drug-likeness (QED) is 0.801. The number of ether oxygens (including phenoxy) is 1. The summed E-state index contributed by atoms with van der Waals surface area (Å²) in [5.41, 5.74) is 0.193. The topological polar surface area (TPSA) is 46.5 Å². The molecule has 0 amide bonds. The monoisotopic (exact) mass is 226 g/mol. The minimum atomic E-state index is -0.665. The van der Waals surface area contributed by atoms with Crippen LogP contribution in [0.15, 0.2) is 0 Å². The van der Waals surface area contributed by atoms with Gasteiger partial charge in [-0.25, -0.2) is 0 Å². The first-order valence-electron chi connectivity index (χ1n) is 6.45. The number of hydrogen-bond donors (Lipinski definition) is 1. The molecule has 0 spiro atoms. The number of carboxylic acids is 1. The zero-order valence-electron chi connectivity index (χ0n) is 10.1. The third-order valence-electron chi connectivity index (χ3n) is 4.38. The summed E-state index contributed by atoms with van der Waals surface area (Å²) in [5, 5.41) is 9.02. The third kappa shape index (κ3) is 2.24. The van der Waals surface area contributed by atoms with Gasteiger partial charge in [0.1, 0.15) is 0 Å². The maximum atomic E-state index is 11.0. The molecule has 92 valence electrons. The standard InChI is InChI=1S/C13H22O3/c1-10(12(14)15)7-13(8-16-9-13)11-5-3-2-4-6-11/h10-11H,2-9H2,1H3,(H,14,15). The normalized spacial score (nSPS) is 27.1. The first-order valence-corrected chi connectivity index (χ1v) is 6.45. The van der Waals surface area contributed by atoms with Gasteiger partial charge in [0, 0.05) is 5.41 Å². The molecular formula is C13H22O3. The maximum absolute atomic E-state index is 11.0. The minimum absolute atomic E-state index is 0.193. The van der Waals surface area contributed by atoms with E-state index in [2.05, 4.69) is 0 Å². The van der Waals surface area contributed by atoms with E-state index in [1.165, 1.54) is 32.1 Å². The summed E-state index contributed by atoms with van der Waals surface area (Å²) in [6.45, 7) is 3.40. The summed E-state index contributed by atoms with van der Waals surface area (Å²) in [5.74, 6) is -0.190. The predicted octanol–water partition coefficient (Wildman–Crippen LogP) is 2.69. The highest BCUT2D eigenvalue weighted by atomic mass is 16.5. The van der Waals surface area contributed by atoms with Crippen molar-refractivity contribution in [2.24, 2.45) is 17.3 Å². The van der Waals surface area contributed by atoms with Gasteiger partial charge in [0.05, 0.1) is 19.1 Å². The second-order valence-corrected chi connectivity index (χ2v) is 5.63. The molecule has 1 aliphatic heterocycles. The molecule has 1 saturated heterocycles. The molecule has 0 aromatic rings. The van der Waals surface area contributed by atoms with Gasteiger partial charge in [0.25, 0.3) is 0 Å². The summed E-state index contributed by atoms with van der Waals surface area (Å²) in [6, 6.07) is 0. The lowest BCUT2D eigenvalue weighted by atomic mass is 9.64. The first-order chi connectivity index (χ1) is 7.64. The molecule has 1 N–H and O–H groups in total. The van der Waals surface area contributed by atoms with Crippen molar-refractivity contribution in [1.82, 2.24) is 0 Å². The smallest absolute Gasteiger partial charge is 0.306 e.